The van der Waals surface area contributed by atoms with E-state index in [2.05, 4.69) is 10.3 Å². The topological polar surface area (TPSA) is 85.1 Å². The van der Waals surface area contributed by atoms with Crippen LogP contribution in [0.15, 0.2) is 42.1 Å². The van der Waals surface area contributed by atoms with Crippen LogP contribution in [0.4, 0.5) is 10.1 Å². The Labute approximate surface area is 118 Å². The van der Waals surface area contributed by atoms with E-state index in [0.29, 0.717) is 5.57 Å². The zero-order chi connectivity index (χ0) is 14.5. The van der Waals surface area contributed by atoms with Crippen LogP contribution >= 0.6 is 11.3 Å². The number of aromatic nitrogens is 1. The van der Waals surface area contributed by atoms with E-state index in [1.165, 1.54) is 0 Å². The van der Waals surface area contributed by atoms with E-state index in [0.717, 1.165) is 23.1 Å². The molecule has 0 saturated carbocycles. The third-order valence-corrected chi connectivity index (χ3v) is 3.30. The average molecular weight is 289 g/mol. The van der Waals surface area contributed by atoms with Crippen molar-refractivity contribution < 1.29 is 9.72 Å². The van der Waals surface area contributed by atoms with Crippen LogP contribution in [-0.4, -0.2) is 15.8 Å². The normalized spacial score (nSPS) is 11.2. The maximum atomic E-state index is 11.9. The molecular weight excluding hydrogens is 278 g/mol. The standard InChI is InChI=1S/C13H11N3O3S/c1-9(7-10-5-3-2-4-6-10)12(17)15-13-14-8-11(20-13)16(18)19/h2-8H,1H3,(H,14,15,17). The van der Waals surface area contributed by atoms with Crippen molar-refractivity contribution in [2.75, 3.05) is 5.32 Å². The van der Waals surface area contributed by atoms with Gasteiger partial charge in [-0.3, -0.25) is 20.2 Å². The predicted octanol–water partition coefficient (Wildman–Crippen LogP) is 3.09. The molecule has 1 N–H and O–H groups in total. The van der Waals surface area contributed by atoms with E-state index >= 15 is 0 Å². The molecule has 2 rings (SSSR count). The molecule has 0 atom stereocenters. The van der Waals surface area contributed by atoms with Gasteiger partial charge in [0.1, 0.15) is 6.20 Å². The lowest BCUT2D eigenvalue weighted by atomic mass is 10.1. The minimum absolute atomic E-state index is 0.106. The lowest BCUT2D eigenvalue weighted by Gasteiger charge is -2.01. The number of nitro groups is 1. The molecule has 1 aromatic heterocycles. The molecular formula is C13H11N3O3S. The molecule has 0 aliphatic heterocycles. The first kappa shape index (κ1) is 13.9. The van der Waals surface area contributed by atoms with Crippen LogP contribution in [0.5, 0.6) is 0 Å². The van der Waals surface area contributed by atoms with Crippen LogP contribution in [0.3, 0.4) is 0 Å². The lowest BCUT2D eigenvalue weighted by Crippen LogP contribution is -2.12. The average Bonchev–Trinajstić information content (AvgIpc) is 2.88. The number of amides is 1. The van der Waals surface area contributed by atoms with Crippen LogP contribution in [-0.2, 0) is 4.79 Å². The quantitative estimate of drug-likeness (QED) is 0.532. The zero-order valence-electron chi connectivity index (χ0n) is 10.6. The highest BCUT2D eigenvalue weighted by molar-refractivity contribution is 7.18. The number of hydrogen-bond acceptors (Lipinski definition) is 5. The molecule has 0 aliphatic rings. The molecule has 102 valence electrons. The van der Waals surface area contributed by atoms with Gasteiger partial charge in [0.25, 0.3) is 5.91 Å². The van der Waals surface area contributed by atoms with Crippen LogP contribution in [0.1, 0.15) is 12.5 Å². The number of hydrogen-bond donors (Lipinski definition) is 1. The number of anilines is 1. The van der Waals surface area contributed by atoms with Gasteiger partial charge >= 0.3 is 5.00 Å². The van der Waals surface area contributed by atoms with Gasteiger partial charge in [0.05, 0.1) is 4.92 Å². The summed E-state index contributed by atoms with van der Waals surface area (Å²) in [4.78, 5) is 25.7. The van der Waals surface area contributed by atoms with Crippen molar-refractivity contribution in [3.8, 4) is 0 Å². The Balaban J connectivity index is 2.07. The molecule has 0 aliphatic carbocycles. The van der Waals surface area contributed by atoms with E-state index in [1.807, 2.05) is 30.3 Å². The summed E-state index contributed by atoms with van der Waals surface area (Å²) < 4.78 is 0. The van der Waals surface area contributed by atoms with Gasteiger partial charge in [-0.05, 0) is 29.9 Å². The summed E-state index contributed by atoms with van der Waals surface area (Å²) in [6.45, 7) is 1.67. The van der Waals surface area contributed by atoms with Gasteiger partial charge in [-0.1, -0.05) is 30.3 Å². The van der Waals surface area contributed by atoms with Gasteiger partial charge in [0.15, 0.2) is 5.13 Å². The fraction of sp³-hybridized carbons (Fsp3) is 0.0769. The summed E-state index contributed by atoms with van der Waals surface area (Å²) in [6, 6.07) is 9.40. The summed E-state index contributed by atoms with van der Waals surface area (Å²) in [5.41, 5.74) is 1.40. The Morgan fingerprint density at radius 1 is 1.40 bits per heavy atom. The highest BCUT2D eigenvalue weighted by Gasteiger charge is 2.14. The minimum atomic E-state index is -0.542. The number of thiazole rings is 1. The van der Waals surface area contributed by atoms with E-state index in [1.54, 1.807) is 13.0 Å². The Morgan fingerprint density at radius 3 is 2.70 bits per heavy atom. The van der Waals surface area contributed by atoms with Crippen LogP contribution in [0, 0.1) is 10.1 Å². The second-order valence-electron chi connectivity index (χ2n) is 3.95. The second kappa shape index (κ2) is 6.07. The fourth-order valence-electron chi connectivity index (χ4n) is 1.47. The predicted molar refractivity (Wildman–Crippen MR) is 77.5 cm³/mol. The van der Waals surface area contributed by atoms with E-state index in [4.69, 9.17) is 0 Å². The SMILES string of the molecule is CC(=Cc1ccccc1)C(=O)Nc1ncc([N+](=O)[O-])s1. The molecule has 0 saturated heterocycles. The van der Waals surface area contributed by atoms with E-state index < -0.39 is 4.92 Å². The van der Waals surface area contributed by atoms with Crippen LogP contribution in [0.2, 0.25) is 0 Å². The Kier molecular flexibility index (Phi) is 4.21. The summed E-state index contributed by atoms with van der Waals surface area (Å²) >= 11 is 0.824. The molecule has 0 unspecified atom stereocenters. The van der Waals surface area contributed by atoms with Gasteiger partial charge in [0, 0.05) is 5.57 Å². The van der Waals surface area contributed by atoms with Gasteiger partial charge in [-0.2, -0.15) is 0 Å². The summed E-state index contributed by atoms with van der Waals surface area (Å²) in [7, 11) is 0. The number of benzene rings is 1. The van der Waals surface area contributed by atoms with Crippen molar-refractivity contribution in [1.29, 1.82) is 0 Å². The Hall–Kier alpha value is -2.54. The molecule has 0 spiro atoms. The first-order chi connectivity index (χ1) is 9.56. The first-order valence-corrected chi connectivity index (χ1v) is 6.53. The third kappa shape index (κ3) is 3.48. The monoisotopic (exact) mass is 289 g/mol. The number of carbonyl (C=O) groups excluding carboxylic acids is 1. The minimum Gasteiger partial charge on any atom is -0.298 e. The maximum Gasteiger partial charge on any atom is 0.345 e. The summed E-state index contributed by atoms with van der Waals surface area (Å²) in [6.07, 6.45) is 2.86. The van der Waals surface area contributed by atoms with E-state index in [9.17, 15) is 14.9 Å². The molecule has 0 bridgehead atoms. The zero-order valence-corrected chi connectivity index (χ0v) is 11.4. The second-order valence-corrected chi connectivity index (χ2v) is 4.96. The molecule has 6 nitrogen and oxygen atoms in total. The molecule has 1 heterocycles. The molecule has 7 heteroatoms. The van der Waals surface area contributed by atoms with Crippen molar-refractivity contribution in [3.05, 3.63) is 57.8 Å². The lowest BCUT2D eigenvalue weighted by molar-refractivity contribution is -0.380. The van der Waals surface area contributed by atoms with Crippen molar-refractivity contribution in [1.82, 2.24) is 4.98 Å². The number of carbonyl (C=O) groups is 1. The van der Waals surface area contributed by atoms with E-state index in [-0.39, 0.29) is 16.0 Å². The Morgan fingerprint density at radius 2 is 2.10 bits per heavy atom. The highest BCUT2D eigenvalue weighted by Crippen LogP contribution is 2.25. The number of rotatable bonds is 4. The van der Waals surface area contributed by atoms with Crippen molar-refractivity contribution in [2.45, 2.75) is 6.92 Å². The molecule has 0 fully saturated rings. The summed E-state index contributed by atoms with van der Waals surface area (Å²) in [5, 5.41) is 13.2. The fourth-order valence-corrected chi connectivity index (χ4v) is 2.10. The van der Waals surface area contributed by atoms with Gasteiger partial charge in [0.2, 0.25) is 0 Å². The van der Waals surface area contributed by atoms with Gasteiger partial charge < -0.3 is 0 Å². The van der Waals surface area contributed by atoms with Gasteiger partial charge in [-0.25, -0.2) is 4.98 Å². The third-order valence-electron chi connectivity index (χ3n) is 2.43. The van der Waals surface area contributed by atoms with Crippen molar-refractivity contribution in [3.63, 3.8) is 0 Å². The van der Waals surface area contributed by atoms with Gasteiger partial charge in [-0.15, -0.1) is 0 Å². The maximum absolute atomic E-state index is 11.9. The molecule has 0 radical (unpaired) electrons. The smallest absolute Gasteiger partial charge is 0.298 e. The molecule has 1 amide bonds. The van der Waals surface area contributed by atoms with Crippen LogP contribution < -0.4 is 5.32 Å². The summed E-state index contributed by atoms with van der Waals surface area (Å²) in [5.74, 6) is -0.335. The number of nitrogens with zero attached hydrogens (tertiary/aromatic N) is 2. The molecule has 2 aromatic rings. The van der Waals surface area contributed by atoms with Crippen molar-refractivity contribution >= 4 is 33.5 Å². The molecule has 20 heavy (non-hydrogen) atoms. The van der Waals surface area contributed by atoms with Crippen molar-refractivity contribution in [2.24, 2.45) is 0 Å². The largest absolute Gasteiger partial charge is 0.345 e. The van der Waals surface area contributed by atoms with Crippen LogP contribution in [0.25, 0.3) is 6.08 Å². The number of nitrogens with one attached hydrogen (secondary N) is 1. The Bertz CT molecular complexity index is 665. The molecule has 1 aromatic carbocycles. The first-order valence-electron chi connectivity index (χ1n) is 5.71. The highest BCUT2D eigenvalue weighted by atomic mass is 32.1.